The molecule has 5 nitrogen and oxygen atoms in total. The number of fused-ring (bicyclic) bond motifs is 6. The van der Waals surface area contributed by atoms with Crippen LogP contribution in [0.2, 0.25) is 0 Å². The molecule has 8 aromatic carbocycles. The minimum absolute atomic E-state index is 0.145. The van der Waals surface area contributed by atoms with E-state index in [9.17, 15) is 0 Å². The Morgan fingerprint density at radius 1 is 0.351 bits per heavy atom. The highest BCUT2D eigenvalue weighted by atomic mass is 16.6. The van der Waals surface area contributed by atoms with Gasteiger partial charge in [-0.05, 0) is 74.0 Å². The van der Waals surface area contributed by atoms with Crippen LogP contribution in [-0.4, -0.2) is 15.0 Å². The molecule has 1 aliphatic heterocycles. The van der Waals surface area contributed by atoms with Crippen LogP contribution in [0.4, 0.5) is 0 Å². The van der Waals surface area contributed by atoms with E-state index >= 15 is 0 Å². The molecule has 0 radical (unpaired) electrons. The Labute approximate surface area is 330 Å². The summed E-state index contributed by atoms with van der Waals surface area (Å²) in [5.41, 5.74) is 11.9. The second-order valence-corrected chi connectivity index (χ2v) is 15.2. The number of hydrogen-bond donors (Lipinski definition) is 0. The molecule has 0 spiro atoms. The topological polar surface area (TPSA) is 57.1 Å². The molecule has 0 amide bonds. The van der Waals surface area contributed by atoms with Crippen molar-refractivity contribution in [1.82, 2.24) is 15.0 Å². The molecule has 2 aliphatic rings. The molecular formula is C52H35N3O2. The van der Waals surface area contributed by atoms with E-state index in [2.05, 4.69) is 141 Å². The van der Waals surface area contributed by atoms with Gasteiger partial charge in [0.15, 0.2) is 40.5 Å². The predicted octanol–water partition coefficient (Wildman–Crippen LogP) is 13.6. The lowest BCUT2D eigenvalue weighted by Gasteiger charge is -2.26. The molecule has 9 aromatic rings. The number of rotatable bonds is 5. The minimum Gasteiger partial charge on any atom is -0.449 e. The molecule has 0 bridgehead atoms. The van der Waals surface area contributed by atoms with Gasteiger partial charge in [0, 0.05) is 27.7 Å². The van der Waals surface area contributed by atoms with Crippen molar-refractivity contribution in [1.29, 1.82) is 0 Å². The first-order valence-electron chi connectivity index (χ1n) is 19.3. The van der Waals surface area contributed by atoms with Gasteiger partial charge in [-0.15, -0.1) is 0 Å². The standard InChI is InChI=1S/C52H35N3O2/c1-52(2)43-22-12-11-20-40(43)42-30-46-47(31-44(42)52)57-48-37(21-13-23-45(48)56-46)33-24-26-35(27-25-33)50-53-49(34-16-7-4-8-17-34)54-51(55-50)41-29-28-36(32-14-5-3-6-15-32)38-18-9-10-19-39(38)41/h3-31H,1-2H3. The van der Waals surface area contributed by atoms with Gasteiger partial charge in [-0.3, -0.25) is 0 Å². The third kappa shape index (κ3) is 5.42. The Morgan fingerprint density at radius 3 is 1.65 bits per heavy atom. The number of hydrogen-bond acceptors (Lipinski definition) is 5. The van der Waals surface area contributed by atoms with Gasteiger partial charge in [-0.1, -0.05) is 166 Å². The zero-order valence-corrected chi connectivity index (χ0v) is 31.4. The van der Waals surface area contributed by atoms with Crippen molar-refractivity contribution < 1.29 is 9.47 Å². The van der Waals surface area contributed by atoms with Crippen LogP contribution in [0.15, 0.2) is 176 Å². The molecule has 270 valence electrons. The molecule has 0 saturated heterocycles. The summed E-state index contributed by atoms with van der Waals surface area (Å²) >= 11 is 0. The Morgan fingerprint density at radius 2 is 0.895 bits per heavy atom. The highest BCUT2D eigenvalue weighted by Crippen LogP contribution is 2.56. The lowest BCUT2D eigenvalue weighted by atomic mass is 9.82. The summed E-state index contributed by atoms with van der Waals surface area (Å²) in [6.45, 7) is 4.55. The van der Waals surface area contributed by atoms with Crippen molar-refractivity contribution in [2.45, 2.75) is 19.3 Å². The van der Waals surface area contributed by atoms with Gasteiger partial charge in [-0.25, -0.2) is 15.0 Å². The molecule has 11 rings (SSSR count). The van der Waals surface area contributed by atoms with E-state index in [1.54, 1.807) is 0 Å². The normalized spacial score (nSPS) is 13.2. The van der Waals surface area contributed by atoms with E-state index in [0.29, 0.717) is 29.0 Å². The fourth-order valence-corrected chi connectivity index (χ4v) is 8.53. The number of nitrogens with zero attached hydrogens (tertiary/aromatic N) is 3. The molecule has 1 aliphatic carbocycles. The molecule has 1 aromatic heterocycles. The summed E-state index contributed by atoms with van der Waals surface area (Å²) in [6.07, 6.45) is 0. The van der Waals surface area contributed by atoms with E-state index in [0.717, 1.165) is 50.1 Å². The zero-order valence-electron chi connectivity index (χ0n) is 31.4. The van der Waals surface area contributed by atoms with Crippen LogP contribution in [0.1, 0.15) is 25.0 Å². The average Bonchev–Trinajstić information content (AvgIpc) is 3.49. The molecule has 2 heterocycles. The van der Waals surface area contributed by atoms with Crippen molar-refractivity contribution in [2.75, 3.05) is 0 Å². The third-order valence-electron chi connectivity index (χ3n) is 11.4. The second kappa shape index (κ2) is 12.9. The van der Waals surface area contributed by atoms with Gasteiger partial charge in [0.05, 0.1) is 0 Å². The van der Waals surface area contributed by atoms with E-state index < -0.39 is 0 Å². The minimum atomic E-state index is -0.145. The highest BCUT2D eigenvalue weighted by Gasteiger charge is 2.37. The number of para-hydroxylation sites is 1. The lowest BCUT2D eigenvalue weighted by Crippen LogP contribution is -2.15. The molecule has 57 heavy (non-hydrogen) atoms. The fraction of sp³-hybridized carbons (Fsp3) is 0.0577. The Bertz CT molecular complexity index is 3030. The summed E-state index contributed by atoms with van der Waals surface area (Å²) in [6, 6.07) is 60.7. The van der Waals surface area contributed by atoms with Crippen LogP contribution in [0.25, 0.3) is 78.3 Å². The second-order valence-electron chi connectivity index (χ2n) is 15.2. The molecule has 0 atom stereocenters. The maximum absolute atomic E-state index is 6.74. The zero-order chi connectivity index (χ0) is 38.1. The summed E-state index contributed by atoms with van der Waals surface area (Å²) in [5.74, 6) is 4.68. The molecular weight excluding hydrogens is 699 g/mol. The SMILES string of the molecule is CC1(C)c2ccccc2-c2cc3c(cc21)Oc1c(cccc1-c1ccc(-c2nc(-c4ccccc4)nc(-c4ccc(-c5ccccc5)c5ccccc45)n2)cc1)O3. The summed E-state index contributed by atoms with van der Waals surface area (Å²) in [5, 5.41) is 2.23. The quantitative estimate of drug-likeness (QED) is 0.176. The third-order valence-corrected chi connectivity index (χ3v) is 11.4. The lowest BCUT2D eigenvalue weighted by molar-refractivity contribution is 0.360. The van der Waals surface area contributed by atoms with Crippen molar-refractivity contribution >= 4 is 10.8 Å². The number of ether oxygens (including phenoxy) is 2. The van der Waals surface area contributed by atoms with Gasteiger partial charge in [0.25, 0.3) is 0 Å². The monoisotopic (exact) mass is 733 g/mol. The van der Waals surface area contributed by atoms with Crippen molar-refractivity contribution in [2.24, 2.45) is 0 Å². The molecule has 0 saturated carbocycles. The van der Waals surface area contributed by atoms with Crippen molar-refractivity contribution in [3.63, 3.8) is 0 Å². The van der Waals surface area contributed by atoms with Gasteiger partial charge < -0.3 is 9.47 Å². The van der Waals surface area contributed by atoms with Crippen molar-refractivity contribution in [3.8, 4) is 90.5 Å². The first-order chi connectivity index (χ1) is 28.0. The van der Waals surface area contributed by atoms with Gasteiger partial charge in [-0.2, -0.15) is 0 Å². The molecule has 5 heteroatoms. The maximum atomic E-state index is 6.74. The first-order valence-corrected chi connectivity index (χ1v) is 19.3. The Balaban J connectivity index is 0.974. The molecule has 0 unspecified atom stereocenters. The van der Waals surface area contributed by atoms with Gasteiger partial charge >= 0.3 is 0 Å². The van der Waals surface area contributed by atoms with Crippen molar-refractivity contribution in [3.05, 3.63) is 187 Å². The predicted molar refractivity (Wildman–Crippen MR) is 229 cm³/mol. The van der Waals surface area contributed by atoms with Crippen LogP contribution in [0.3, 0.4) is 0 Å². The Hall–Kier alpha value is -7.37. The van der Waals surface area contributed by atoms with Crippen LogP contribution in [0.5, 0.6) is 23.0 Å². The van der Waals surface area contributed by atoms with Crippen LogP contribution < -0.4 is 9.47 Å². The largest absolute Gasteiger partial charge is 0.449 e. The van der Waals surface area contributed by atoms with Crippen LogP contribution in [-0.2, 0) is 5.41 Å². The smallest absolute Gasteiger partial charge is 0.177 e. The van der Waals surface area contributed by atoms with Crippen LogP contribution in [0, 0.1) is 0 Å². The Kier molecular flexibility index (Phi) is 7.45. The van der Waals surface area contributed by atoms with Gasteiger partial charge in [0.2, 0.25) is 0 Å². The maximum Gasteiger partial charge on any atom is 0.177 e. The molecule has 0 fully saturated rings. The van der Waals surface area contributed by atoms with E-state index in [1.807, 2.05) is 48.5 Å². The van der Waals surface area contributed by atoms with E-state index in [-0.39, 0.29) is 5.41 Å². The summed E-state index contributed by atoms with van der Waals surface area (Å²) < 4.78 is 13.3. The van der Waals surface area contributed by atoms with Gasteiger partial charge in [0.1, 0.15) is 0 Å². The first kappa shape index (κ1) is 33.0. The van der Waals surface area contributed by atoms with E-state index in [4.69, 9.17) is 24.4 Å². The molecule has 0 N–H and O–H groups in total. The summed E-state index contributed by atoms with van der Waals surface area (Å²) in [7, 11) is 0. The number of benzene rings is 8. The van der Waals surface area contributed by atoms with E-state index in [1.165, 1.54) is 33.4 Å². The average molecular weight is 734 g/mol. The van der Waals surface area contributed by atoms with Crippen LogP contribution >= 0.6 is 0 Å². The fourth-order valence-electron chi connectivity index (χ4n) is 8.53. The summed E-state index contributed by atoms with van der Waals surface area (Å²) in [4.78, 5) is 15.2. The highest BCUT2D eigenvalue weighted by molar-refractivity contribution is 6.04. The number of aromatic nitrogens is 3.